The molecule has 9 heteroatoms. The minimum atomic E-state index is 0.216. The Bertz CT molecular complexity index is 658. The second-order valence-corrected chi connectivity index (χ2v) is 3.82. The van der Waals surface area contributed by atoms with Crippen LogP contribution in [0.4, 0.5) is 5.88 Å². The summed E-state index contributed by atoms with van der Waals surface area (Å²) in [4.78, 5) is 0. The molecule has 3 rings (SSSR count). The van der Waals surface area contributed by atoms with Crippen molar-refractivity contribution in [2.24, 2.45) is 10.3 Å². The molecule has 0 spiro atoms. The van der Waals surface area contributed by atoms with Crippen molar-refractivity contribution in [1.29, 1.82) is 0 Å². The maximum Gasteiger partial charge on any atom is 0.260 e. The molecule has 0 aliphatic carbocycles. The van der Waals surface area contributed by atoms with Crippen molar-refractivity contribution in [3.05, 3.63) is 42.5 Å². The van der Waals surface area contributed by atoms with Gasteiger partial charge in [0.05, 0.1) is 11.8 Å². The summed E-state index contributed by atoms with van der Waals surface area (Å²) in [7, 11) is 0. The van der Waals surface area contributed by atoms with Crippen LogP contribution >= 0.6 is 0 Å². The molecule has 0 fully saturated rings. The third-order valence-corrected chi connectivity index (χ3v) is 2.61. The van der Waals surface area contributed by atoms with E-state index >= 15 is 0 Å². The summed E-state index contributed by atoms with van der Waals surface area (Å²) in [5.41, 5.74) is 3.90. The zero-order valence-electron chi connectivity index (χ0n) is 10.4. The van der Waals surface area contributed by atoms with E-state index in [0.717, 1.165) is 0 Å². The van der Waals surface area contributed by atoms with Crippen LogP contribution in [-0.4, -0.2) is 15.4 Å². The van der Waals surface area contributed by atoms with E-state index in [9.17, 15) is 0 Å². The van der Waals surface area contributed by atoms with E-state index in [2.05, 4.69) is 44.4 Å². The lowest BCUT2D eigenvalue weighted by atomic mass is 10.2. The molecule has 2 aromatic rings. The van der Waals surface area contributed by atoms with Gasteiger partial charge in [0.25, 0.3) is 5.88 Å². The predicted molar refractivity (Wildman–Crippen MR) is 69.1 cm³/mol. The molecule has 0 aromatic carbocycles. The monoisotopic (exact) mass is 273 g/mol. The Morgan fingerprint density at radius 1 is 1.50 bits per heavy atom. The summed E-state index contributed by atoms with van der Waals surface area (Å²) in [6, 6.07) is 1.71. The normalized spacial score (nSPS) is 13.6. The van der Waals surface area contributed by atoms with Crippen molar-refractivity contribution >= 4 is 12.0 Å². The van der Waals surface area contributed by atoms with Gasteiger partial charge in [-0.15, -0.1) is 5.11 Å². The maximum atomic E-state index is 5.56. The minimum absolute atomic E-state index is 0.216. The van der Waals surface area contributed by atoms with Gasteiger partial charge in [-0.3, -0.25) is 0 Å². The zero-order valence-corrected chi connectivity index (χ0v) is 10.4. The van der Waals surface area contributed by atoms with Crippen LogP contribution in [0.3, 0.4) is 0 Å². The SMILES string of the molecule is C=Cc1noc(N2NN=NC2=C)c1COc1ccn[nH]1. The largest absolute Gasteiger partial charge is 0.473 e. The van der Waals surface area contributed by atoms with Crippen LogP contribution in [0.1, 0.15) is 11.3 Å². The first kappa shape index (κ1) is 12.0. The molecule has 102 valence electrons. The predicted octanol–water partition coefficient (Wildman–Crippen LogP) is 1.78. The van der Waals surface area contributed by atoms with Gasteiger partial charge in [0.15, 0.2) is 5.82 Å². The number of aromatic amines is 1. The maximum absolute atomic E-state index is 5.56. The van der Waals surface area contributed by atoms with Crippen molar-refractivity contribution < 1.29 is 9.26 Å². The van der Waals surface area contributed by atoms with Crippen molar-refractivity contribution in [2.75, 3.05) is 5.01 Å². The Balaban J connectivity index is 1.85. The third kappa shape index (κ3) is 2.00. The number of aromatic nitrogens is 3. The highest BCUT2D eigenvalue weighted by molar-refractivity contribution is 5.58. The standard InChI is InChI=1S/C11H11N7O2/c1-3-9-8(6-19-10-4-5-12-14-10)11(20-15-9)18-7(2)13-16-17-18/h3-5H,1-2,6H2,(H,12,14)(H,13,17). The fourth-order valence-corrected chi connectivity index (χ4v) is 1.65. The highest BCUT2D eigenvalue weighted by atomic mass is 16.5. The first-order chi connectivity index (χ1) is 9.79. The number of anilines is 1. The first-order valence-corrected chi connectivity index (χ1v) is 5.68. The van der Waals surface area contributed by atoms with Gasteiger partial charge in [-0.2, -0.15) is 15.6 Å². The minimum Gasteiger partial charge on any atom is -0.473 e. The smallest absolute Gasteiger partial charge is 0.260 e. The Hall–Kier alpha value is -3.10. The Kier molecular flexibility index (Phi) is 2.92. The summed E-state index contributed by atoms with van der Waals surface area (Å²) in [6.07, 6.45) is 3.17. The lowest BCUT2D eigenvalue weighted by molar-refractivity contribution is 0.292. The summed E-state index contributed by atoms with van der Waals surface area (Å²) >= 11 is 0. The van der Waals surface area contributed by atoms with Gasteiger partial charge in [0.2, 0.25) is 5.88 Å². The Morgan fingerprint density at radius 2 is 2.40 bits per heavy atom. The summed E-state index contributed by atoms with van der Waals surface area (Å²) in [5, 5.41) is 19.3. The fraction of sp³-hybridized carbons (Fsp3) is 0.0909. The number of hydrogen-bond acceptors (Lipinski definition) is 8. The Morgan fingerprint density at radius 3 is 3.05 bits per heavy atom. The number of nitrogens with zero attached hydrogens (tertiary/aromatic N) is 5. The molecule has 0 unspecified atom stereocenters. The van der Waals surface area contributed by atoms with E-state index in [1.54, 1.807) is 18.3 Å². The molecule has 3 heterocycles. The third-order valence-electron chi connectivity index (χ3n) is 2.61. The van der Waals surface area contributed by atoms with Crippen LogP contribution in [0, 0.1) is 0 Å². The first-order valence-electron chi connectivity index (χ1n) is 5.68. The van der Waals surface area contributed by atoms with Gasteiger partial charge in [-0.05, 0) is 6.08 Å². The van der Waals surface area contributed by atoms with Crippen LogP contribution in [0.15, 0.2) is 46.1 Å². The van der Waals surface area contributed by atoms with Gasteiger partial charge < -0.3 is 9.26 Å². The summed E-state index contributed by atoms with van der Waals surface area (Å²) in [6.45, 7) is 7.64. The van der Waals surface area contributed by atoms with Gasteiger partial charge in [-0.1, -0.05) is 23.5 Å². The molecular formula is C11H11N7O2. The van der Waals surface area contributed by atoms with Crippen LogP contribution < -0.4 is 15.3 Å². The number of rotatable bonds is 5. The number of hydrogen-bond donors (Lipinski definition) is 2. The van der Waals surface area contributed by atoms with Crippen LogP contribution in [0.5, 0.6) is 5.88 Å². The second-order valence-electron chi connectivity index (χ2n) is 3.82. The van der Waals surface area contributed by atoms with Crippen LogP contribution in [0.2, 0.25) is 0 Å². The van der Waals surface area contributed by atoms with E-state index in [1.165, 1.54) is 5.01 Å². The molecule has 20 heavy (non-hydrogen) atoms. The van der Waals surface area contributed by atoms with Crippen molar-refractivity contribution in [3.63, 3.8) is 0 Å². The lowest BCUT2D eigenvalue weighted by Gasteiger charge is -2.13. The number of nitrogens with one attached hydrogen (secondary N) is 2. The van der Waals surface area contributed by atoms with E-state index in [1.807, 2.05) is 0 Å². The van der Waals surface area contributed by atoms with Crippen molar-refractivity contribution in [1.82, 2.24) is 20.9 Å². The molecular weight excluding hydrogens is 262 g/mol. The highest BCUT2D eigenvalue weighted by Gasteiger charge is 2.25. The van der Waals surface area contributed by atoms with Gasteiger partial charge in [0, 0.05) is 6.07 Å². The molecule has 2 aromatic heterocycles. The zero-order chi connectivity index (χ0) is 13.9. The quantitative estimate of drug-likeness (QED) is 0.860. The summed E-state index contributed by atoms with van der Waals surface area (Å²) in [5.74, 6) is 1.32. The average molecular weight is 273 g/mol. The Labute approximate surface area is 113 Å². The average Bonchev–Trinajstić information content (AvgIpc) is 3.16. The van der Waals surface area contributed by atoms with E-state index in [0.29, 0.717) is 28.8 Å². The molecule has 0 saturated carbocycles. The van der Waals surface area contributed by atoms with Crippen LogP contribution in [0.25, 0.3) is 6.08 Å². The van der Waals surface area contributed by atoms with Crippen LogP contribution in [-0.2, 0) is 6.61 Å². The lowest BCUT2D eigenvalue weighted by Crippen LogP contribution is -2.28. The molecule has 1 aliphatic rings. The molecule has 0 radical (unpaired) electrons. The van der Waals surface area contributed by atoms with Gasteiger partial charge in [0.1, 0.15) is 12.3 Å². The summed E-state index contributed by atoms with van der Waals surface area (Å²) < 4.78 is 10.8. The number of hydrazine groups is 1. The van der Waals surface area contributed by atoms with E-state index in [-0.39, 0.29) is 6.61 Å². The fourth-order valence-electron chi connectivity index (χ4n) is 1.65. The molecule has 0 bridgehead atoms. The highest BCUT2D eigenvalue weighted by Crippen LogP contribution is 2.29. The molecule has 1 aliphatic heterocycles. The van der Waals surface area contributed by atoms with Gasteiger partial charge in [-0.25, -0.2) is 5.10 Å². The van der Waals surface area contributed by atoms with Gasteiger partial charge >= 0.3 is 0 Å². The van der Waals surface area contributed by atoms with Crippen molar-refractivity contribution in [2.45, 2.75) is 6.61 Å². The number of H-pyrrole nitrogens is 1. The molecule has 0 saturated heterocycles. The van der Waals surface area contributed by atoms with Crippen molar-refractivity contribution in [3.8, 4) is 5.88 Å². The molecule has 0 amide bonds. The topological polar surface area (TPSA) is 104 Å². The molecule has 2 N–H and O–H groups in total. The second kappa shape index (κ2) is 4.88. The van der Waals surface area contributed by atoms with E-state index < -0.39 is 0 Å². The number of ether oxygens (including phenoxy) is 1. The molecule has 9 nitrogen and oxygen atoms in total. The van der Waals surface area contributed by atoms with E-state index in [4.69, 9.17) is 9.26 Å². The molecule has 0 atom stereocenters.